The highest BCUT2D eigenvalue weighted by Gasteiger charge is 2.56. The Labute approximate surface area is 137 Å². The molecule has 3 aliphatic rings. The molecule has 0 aromatic heterocycles. The molecule has 23 heavy (non-hydrogen) atoms. The maximum absolute atomic E-state index is 13.1. The number of hydrogen-bond donors (Lipinski definition) is 1. The van der Waals surface area contributed by atoms with Crippen molar-refractivity contribution in [3.8, 4) is 0 Å². The summed E-state index contributed by atoms with van der Waals surface area (Å²) in [5.41, 5.74) is 1.72. The summed E-state index contributed by atoms with van der Waals surface area (Å²) in [7, 11) is 0. The molecule has 1 aliphatic carbocycles. The molecule has 1 spiro atoms. The standard InChI is InChI=1S/C19H24N2O2/c1-14-3-5-15(6-4-14)19(8-9-19)17(23)21-12-10-18(13-21)7-2-11-20-16(18)22/h3-6H,2,7-13H2,1H3,(H,20,22). The van der Waals surface area contributed by atoms with Crippen LogP contribution in [0.4, 0.5) is 0 Å². The van der Waals surface area contributed by atoms with E-state index >= 15 is 0 Å². The van der Waals surface area contributed by atoms with E-state index in [1.165, 1.54) is 5.56 Å². The number of aryl methyl sites for hydroxylation is 1. The second kappa shape index (κ2) is 5.08. The summed E-state index contributed by atoms with van der Waals surface area (Å²) in [5, 5.41) is 2.99. The van der Waals surface area contributed by atoms with Gasteiger partial charge in [0.15, 0.2) is 0 Å². The summed E-state index contributed by atoms with van der Waals surface area (Å²) in [5.74, 6) is 0.385. The Kier molecular flexibility index (Phi) is 3.26. The van der Waals surface area contributed by atoms with E-state index in [1.54, 1.807) is 0 Å². The van der Waals surface area contributed by atoms with Gasteiger partial charge in [0, 0.05) is 19.6 Å². The van der Waals surface area contributed by atoms with E-state index in [1.807, 2.05) is 4.90 Å². The molecule has 4 nitrogen and oxygen atoms in total. The summed E-state index contributed by atoms with van der Waals surface area (Å²) in [4.78, 5) is 27.4. The minimum Gasteiger partial charge on any atom is -0.356 e. The molecule has 3 fully saturated rings. The van der Waals surface area contributed by atoms with E-state index in [9.17, 15) is 9.59 Å². The van der Waals surface area contributed by atoms with Crippen molar-refractivity contribution in [2.75, 3.05) is 19.6 Å². The van der Waals surface area contributed by atoms with Gasteiger partial charge in [-0.25, -0.2) is 0 Å². The third kappa shape index (κ3) is 2.27. The predicted molar refractivity (Wildman–Crippen MR) is 88.0 cm³/mol. The third-order valence-corrected chi connectivity index (χ3v) is 6.00. The summed E-state index contributed by atoms with van der Waals surface area (Å²) < 4.78 is 0. The van der Waals surface area contributed by atoms with Gasteiger partial charge in [-0.05, 0) is 44.6 Å². The molecule has 0 radical (unpaired) electrons. The van der Waals surface area contributed by atoms with E-state index in [2.05, 4.69) is 36.5 Å². The maximum atomic E-state index is 13.1. The van der Waals surface area contributed by atoms with E-state index in [0.29, 0.717) is 6.54 Å². The first-order valence-corrected chi connectivity index (χ1v) is 8.71. The first-order chi connectivity index (χ1) is 11.1. The van der Waals surface area contributed by atoms with Crippen molar-refractivity contribution in [1.29, 1.82) is 0 Å². The molecule has 2 saturated heterocycles. The van der Waals surface area contributed by atoms with Crippen LogP contribution in [-0.4, -0.2) is 36.3 Å². The molecule has 1 aromatic carbocycles. The van der Waals surface area contributed by atoms with Crippen LogP contribution in [0.15, 0.2) is 24.3 Å². The van der Waals surface area contributed by atoms with Gasteiger partial charge in [0.2, 0.25) is 11.8 Å². The number of amides is 2. The van der Waals surface area contributed by atoms with Crippen LogP contribution in [0.25, 0.3) is 0 Å². The second-order valence-corrected chi connectivity index (χ2v) is 7.56. The molecule has 2 heterocycles. The predicted octanol–water partition coefficient (Wildman–Crippen LogP) is 2.16. The molecule has 1 atom stereocenters. The molecule has 4 rings (SSSR count). The van der Waals surface area contributed by atoms with Gasteiger partial charge < -0.3 is 10.2 Å². The van der Waals surface area contributed by atoms with Gasteiger partial charge in [-0.3, -0.25) is 9.59 Å². The molecule has 2 aliphatic heterocycles. The lowest BCUT2D eigenvalue weighted by Gasteiger charge is -2.32. The molecular weight excluding hydrogens is 288 g/mol. The number of benzene rings is 1. The normalized spacial score (nSPS) is 28.7. The van der Waals surface area contributed by atoms with E-state index < -0.39 is 0 Å². The highest BCUT2D eigenvalue weighted by atomic mass is 16.2. The number of carbonyl (C=O) groups excluding carboxylic acids is 2. The lowest BCUT2D eigenvalue weighted by atomic mass is 9.79. The monoisotopic (exact) mass is 312 g/mol. The van der Waals surface area contributed by atoms with Crippen LogP contribution >= 0.6 is 0 Å². The van der Waals surface area contributed by atoms with Crippen molar-refractivity contribution in [3.05, 3.63) is 35.4 Å². The average molecular weight is 312 g/mol. The number of rotatable bonds is 2. The molecule has 2 amide bonds. The van der Waals surface area contributed by atoms with Crippen LogP contribution in [0, 0.1) is 12.3 Å². The molecule has 0 bridgehead atoms. The molecule has 1 N–H and O–H groups in total. The minimum absolute atomic E-state index is 0.152. The van der Waals surface area contributed by atoms with Gasteiger partial charge in [0.25, 0.3) is 0 Å². The fourth-order valence-corrected chi connectivity index (χ4v) is 4.29. The van der Waals surface area contributed by atoms with Crippen LogP contribution in [0.5, 0.6) is 0 Å². The third-order valence-electron chi connectivity index (χ3n) is 6.00. The first kappa shape index (κ1) is 14.7. The minimum atomic E-state index is -0.322. The highest BCUT2D eigenvalue weighted by molar-refractivity contribution is 5.93. The van der Waals surface area contributed by atoms with E-state index in [-0.39, 0.29) is 22.6 Å². The molecule has 1 unspecified atom stereocenters. The number of nitrogens with one attached hydrogen (secondary N) is 1. The molecule has 1 aromatic rings. The van der Waals surface area contributed by atoms with Crippen molar-refractivity contribution in [3.63, 3.8) is 0 Å². The number of carbonyl (C=O) groups is 2. The number of nitrogens with zero attached hydrogens (tertiary/aromatic N) is 1. The van der Waals surface area contributed by atoms with Crippen molar-refractivity contribution in [2.24, 2.45) is 5.41 Å². The van der Waals surface area contributed by atoms with Crippen LogP contribution in [0.1, 0.15) is 43.2 Å². The summed E-state index contributed by atoms with van der Waals surface area (Å²) in [6.07, 6.45) is 4.63. The zero-order valence-corrected chi connectivity index (χ0v) is 13.7. The van der Waals surface area contributed by atoms with Crippen LogP contribution < -0.4 is 5.32 Å². The van der Waals surface area contributed by atoms with Crippen molar-refractivity contribution >= 4 is 11.8 Å². The number of piperidine rings is 1. The first-order valence-electron chi connectivity index (χ1n) is 8.71. The lowest BCUT2D eigenvalue weighted by Crippen LogP contribution is -2.48. The summed E-state index contributed by atoms with van der Waals surface area (Å²) in [6, 6.07) is 8.37. The van der Waals surface area contributed by atoms with Gasteiger partial charge in [0.05, 0.1) is 10.8 Å². The smallest absolute Gasteiger partial charge is 0.233 e. The largest absolute Gasteiger partial charge is 0.356 e. The van der Waals surface area contributed by atoms with Crippen molar-refractivity contribution in [2.45, 2.75) is 44.4 Å². The van der Waals surface area contributed by atoms with E-state index in [0.717, 1.165) is 50.8 Å². The SMILES string of the molecule is Cc1ccc(C2(C(=O)N3CCC4(CCCNC4=O)C3)CC2)cc1. The Hall–Kier alpha value is -1.84. The Morgan fingerprint density at radius 2 is 1.87 bits per heavy atom. The van der Waals surface area contributed by atoms with Crippen LogP contribution in [0.3, 0.4) is 0 Å². The van der Waals surface area contributed by atoms with Crippen molar-refractivity contribution < 1.29 is 9.59 Å². The zero-order valence-electron chi connectivity index (χ0n) is 13.7. The van der Waals surface area contributed by atoms with Gasteiger partial charge in [-0.15, -0.1) is 0 Å². The van der Waals surface area contributed by atoms with Gasteiger partial charge >= 0.3 is 0 Å². The van der Waals surface area contributed by atoms with Gasteiger partial charge in [0.1, 0.15) is 0 Å². The average Bonchev–Trinajstić information content (AvgIpc) is 3.26. The maximum Gasteiger partial charge on any atom is 0.233 e. The van der Waals surface area contributed by atoms with Gasteiger partial charge in [-0.1, -0.05) is 29.8 Å². The molecule has 122 valence electrons. The lowest BCUT2D eigenvalue weighted by molar-refractivity contribution is -0.136. The fraction of sp³-hybridized carbons (Fsp3) is 0.579. The van der Waals surface area contributed by atoms with E-state index in [4.69, 9.17) is 0 Å². The Morgan fingerprint density at radius 1 is 1.13 bits per heavy atom. The summed E-state index contributed by atoms with van der Waals surface area (Å²) in [6.45, 7) is 4.17. The molecular formula is C19H24N2O2. The number of hydrogen-bond acceptors (Lipinski definition) is 2. The number of likely N-dealkylation sites (tertiary alicyclic amines) is 1. The molecule has 4 heteroatoms. The summed E-state index contributed by atoms with van der Waals surface area (Å²) >= 11 is 0. The van der Waals surface area contributed by atoms with Crippen LogP contribution in [0.2, 0.25) is 0 Å². The Bertz CT molecular complexity index is 648. The quantitative estimate of drug-likeness (QED) is 0.910. The zero-order chi connectivity index (χ0) is 16.1. The fourth-order valence-electron chi connectivity index (χ4n) is 4.29. The Morgan fingerprint density at radius 3 is 2.52 bits per heavy atom. The second-order valence-electron chi connectivity index (χ2n) is 7.56. The Balaban J connectivity index is 1.54. The van der Waals surface area contributed by atoms with Gasteiger partial charge in [-0.2, -0.15) is 0 Å². The van der Waals surface area contributed by atoms with Crippen molar-refractivity contribution in [1.82, 2.24) is 10.2 Å². The topological polar surface area (TPSA) is 49.4 Å². The highest BCUT2D eigenvalue weighted by Crippen LogP contribution is 2.51. The van der Waals surface area contributed by atoms with Crippen LogP contribution in [-0.2, 0) is 15.0 Å². The molecule has 1 saturated carbocycles.